The second kappa shape index (κ2) is 11.0. The van der Waals surface area contributed by atoms with Crippen LogP contribution in [0.25, 0.3) is 16.8 Å². The number of imidazole rings is 1. The zero-order chi connectivity index (χ0) is 28.6. The molecule has 1 aromatic carbocycles. The van der Waals surface area contributed by atoms with Gasteiger partial charge in [-0.05, 0) is 38.2 Å². The number of pyridine rings is 1. The van der Waals surface area contributed by atoms with E-state index in [2.05, 4.69) is 10.3 Å². The predicted molar refractivity (Wildman–Crippen MR) is 143 cm³/mol. The summed E-state index contributed by atoms with van der Waals surface area (Å²) in [4.78, 5) is 34.7. The first kappa shape index (κ1) is 27.7. The topological polar surface area (TPSA) is 83.1 Å². The number of carbonyl (C=O) groups excluding carboxylic acids is 2. The SMILES string of the molecule is CN(C)CCNC(=O)[C@H]1[C@@H](c2ccccc2)CCN1C(=O)c1nc2c(C(F)(F)F)cc(-c3ccoc3)cn2c1Cl. The van der Waals surface area contributed by atoms with E-state index < -0.39 is 29.3 Å². The zero-order valence-corrected chi connectivity index (χ0v) is 22.5. The van der Waals surface area contributed by atoms with Crippen LogP contribution >= 0.6 is 11.6 Å². The highest BCUT2D eigenvalue weighted by Gasteiger charge is 2.44. The molecule has 1 N–H and O–H groups in total. The molecule has 210 valence electrons. The van der Waals surface area contributed by atoms with E-state index in [1.807, 2.05) is 49.3 Å². The van der Waals surface area contributed by atoms with Crippen molar-refractivity contribution in [3.63, 3.8) is 0 Å². The molecule has 0 aliphatic carbocycles. The molecular formula is C28H27ClF3N5O3. The van der Waals surface area contributed by atoms with Gasteiger partial charge in [0, 0.05) is 42.9 Å². The lowest BCUT2D eigenvalue weighted by atomic mass is 9.91. The van der Waals surface area contributed by atoms with Crippen molar-refractivity contribution in [1.29, 1.82) is 0 Å². The quantitative estimate of drug-likeness (QED) is 0.339. The lowest BCUT2D eigenvalue weighted by Gasteiger charge is -2.27. The molecule has 4 heterocycles. The second-order valence-corrected chi connectivity index (χ2v) is 10.3. The van der Waals surface area contributed by atoms with Gasteiger partial charge >= 0.3 is 6.18 Å². The van der Waals surface area contributed by atoms with Crippen LogP contribution in [0.5, 0.6) is 0 Å². The number of rotatable bonds is 7. The number of alkyl halides is 3. The number of amides is 2. The maximum atomic E-state index is 14.1. The fourth-order valence-electron chi connectivity index (χ4n) is 5.09. The van der Waals surface area contributed by atoms with Gasteiger partial charge in [0.15, 0.2) is 11.3 Å². The Kier molecular flexibility index (Phi) is 7.61. The molecule has 3 aromatic heterocycles. The van der Waals surface area contributed by atoms with Crippen LogP contribution in [0.2, 0.25) is 5.15 Å². The van der Waals surface area contributed by atoms with Crippen molar-refractivity contribution < 1.29 is 27.2 Å². The Morgan fingerprint density at radius 3 is 2.58 bits per heavy atom. The maximum Gasteiger partial charge on any atom is 0.420 e. The summed E-state index contributed by atoms with van der Waals surface area (Å²) in [6.07, 6.45) is -0.241. The van der Waals surface area contributed by atoms with E-state index in [9.17, 15) is 22.8 Å². The number of aromatic nitrogens is 2. The standard InChI is InChI=1S/C28H27ClF3N5O3/c1-35(2)12-10-33-26(38)23-20(17-6-4-3-5-7-17)8-11-36(23)27(39)22-24(29)37-15-19(18-9-13-40-16-18)14-21(25(37)34-22)28(30,31)32/h3-7,9,13-16,20,23H,8,10-12H2,1-2H3,(H,33,38)/t20-,23-/m1/s1. The minimum absolute atomic E-state index is 0.190. The van der Waals surface area contributed by atoms with Crippen molar-refractivity contribution in [3.05, 3.63) is 83.2 Å². The number of nitrogens with one attached hydrogen (secondary N) is 1. The van der Waals surface area contributed by atoms with Gasteiger partial charge in [-0.3, -0.25) is 14.0 Å². The normalized spacial score (nSPS) is 17.6. The molecule has 1 aliphatic rings. The van der Waals surface area contributed by atoms with Crippen LogP contribution < -0.4 is 5.32 Å². The second-order valence-electron chi connectivity index (χ2n) is 9.94. The monoisotopic (exact) mass is 573 g/mol. The molecule has 1 fully saturated rings. The third-order valence-corrected chi connectivity index (χ3v) is 7.40. The van der Waals surface area contributed by atoms with Gasteiger partial charge in [0.25, 0.3) is 5.91 Å². The maximum absolute atomic E-state index is 14.1. The van der Waals surface area contributed by atoms with E-state index in [4.69, 9.17) is 16.0 Å². The third-order valence-electron chi connectivity index (χ3n) is 7.04. The van der Waals surface area contributed by atoms with Crippen molar-refractivity contribution in [2.75, 3.05) is 33.7 Å². The number of halogens is 4. The number of carbonyl (C=O) groups is 2. The van der Waals surface area contributed by atoms with Crippen molar-refractivity contribution in [2.24, 2.45) is 0 Å². The van der Waals surface area contributed by atoms with Crippen molar-refractivity contribution >= 4 is 29.1 Å². The van der Waals surface area contributed by atoms with Crippen molar-refractivity contribution in [3.8, 4) is 11.1 Å². The molecular weight excluding hydrogens is 547 g/mol. The number of fused-ring (bicyclic) bond motifs is 1. The first-order valence-corrected chi connectivity index (χ1v) is 13.0. The van der Waals surface area contributed by atoms with Gasteiger partial charge in [0.05, 0.1) is 18.1 Å². The Morgan fingerprint density at radius 2 is 1.93 bits per heavy atom. The number of furan rings is 1. The van der Waals surface area contributed by atoms with E-state index in [0.717, 1.165) is 16.0 Å². The third kappa shape index (κ3) is 5.31. The van der Waals surface area contributed by atoms with Crippen molar-refractivity contribution in [2.45, 2.75) is 24.6 Å². The number of likely N-dealkylation sites (tertiary alicyclic amines) is 1. The molecule has 4 aromatic rings. The minimum atomic E-state index is -4.77. The predicted octanol–water partition coefficient (Wildman–Crippen LogP) is 4.94. The Bertz CT molecular complexity index is 1520. The summed E-state index contributed by atoms with van der Waals surface area (Å²) >= 11 is 6.54. The Labute approximate surface area is 233 Å². The number of hydrogen-bond acceptors (Lipinski definition) is 5. The van der Waals surface area contributed by atoms with Gasteiger partial charge in [-0.2, -0.15) is 13.2 Å². The molecule has 1 aliphatic heterocycles. The van der Waals surface area contributed by atoms with Crippen LogP contribution in [-0.2, 0) is 11.0 Å². The Morgan fingerprint density at radius 1 is 1.18 bits per heavy atom. The van der Waals surface area contributed by atoms with Crippen LogP contribution in [0, 0.1) is 0 Å². The molecule has 0 saturated carbocycles. The summed E-state index contributed by atoms with van der Waals surface area (Å²) in [7, 11) is 3.76. The largest absolute Gasteiger partial charge is 0.472 e. The minimum Gasteiger partial charge on any atom is -0.472 e. The summed E-state index contributed by atoms with van der Waals surface area (Å²) in [6, 6.07) is 10.9. The lowest BCUT2D eigenvalue weighted by molar-refractivity contribution is -0.136. The first-order chi connectivity index (χ1) is 19.1. The smallest absolute Gasteiger partial charge is 0.420 e. The fourth-order valence-corrected chi connectivity index (χ4v) is 5.34. The van der Waals surface area contributed by atoms with Gasteiger partial charge in [-0.15, -0.1) is 0 Å². The van der Waals surface area contributed by atoms with E-state index in [1.54, 1.807) is 0 Å². The number of likely N-dealkylation sites (N-methyl/N-ethyl adjacent to an activating group) is 1. The fraction of sp³-hybridized carbons (Fsp3) is 0.321. The zero-order valence-electron chi connectivity index (χ0n) is 21.8. The molecule has 0 spiro atoms. The van der Waals surface area contributed by atoms with Gasteiger partial charge in [0.1, 0.15) is 11.2 Å². The number of nitrogens with zero attached hydrogens (tertiary/aromatic N) is 4. The van der Waals surface area contributed by atoms with E-state index in [-0.39, 0.29) is 34.8 Å². The molecule has 5 rings (SSSR count). The van der Waals surface area contributed by atoms with E-state index in [0.29, 0.717) is 25.1 Å². The van der Waals surface area contributed by atoms with Crippen LogP contribution in [0.1, 0.15) is 34.0 Å². The molecule has 0 radical (unpaired) electrons. The molecule has 8 nitrogen and oxygen atoms in total. The molecule has 0 unspecified atom stereocenters. The summed E-state index contributed by atoms with van der Waals surface area (Å²) in [5, 5.41) is 2.62. The number of benzene rings is 1. The molecule has 40 heavy (non-hydrogen) atoms. The first-order valence-electron chi connectivity index (χ1n) is 12.7. The lowest BCUT2D eigenvalue weighted by Crippen LogP contribution is -2.49. The molecule has 12 heteroatoms. The van der Waals surface area contributed by atoms with Crippen LogP contribution in [0.3, 0.4) is 0 Å². The molecule has 2 atom stereocenters. The summed E-state index contributed by atoms with van der Waals surface area (Å²) < 4.78 is 48.4. The van der Waals surface area contributed by atoms with Crippen molar-refractivity contribution in [1.82, 2.24) is 24.5 Å². The van der Waals surface area contributed by atoms with Gasteiger partial charge in [0.2, 0.25) is 5.91 Å². The van der Waals surface area contributed by atoms with Gasteiger partial charge in [-0.25, -0.2) is 4.98 Å². The van der Waals surface area contributed by atoms with Crippen LogP contribution in [0.4, 0.5) is 13.2 Å². The van der Waals surface area contributed by atoms with Gasteiger partial charge < -0.3 is 19.5 Å². The molecule has 2 amide bonds. The average Bonchev–Trinajstić information content (AvgIpc) is 3.67. The summed E-state index contributed by atoms with van der Waals surface area (Å²) in [5.74, 6) is -1.36. The van der Waals surface area contributed by atoms with Gasteiger partial charge in [-0.1, -0.05) is 41.9 Å². The highest BCUT2D eigenvalue weighted by Crippen LogP contribution is 2.39. The van der Waals surface area contributed by atoms with Crippen LogP contribution in [0.15, 0.2) is 65.6 Å². The molecule has 1 saturated heterocycles. The molecule has 0 bridgehead atoms. The number of hydrogen-bond donors (Lipinski definition) is 1. The van der Waals surface area contributed by atoms with Crippen LogP contribution in [-0.4, -0.2) is 70.8 Å². The van der Waals surface area contributed by atoms with E-state index >= 15 is 0 Å². The average molecular weight is 574 g/mol. The highest BCUT2D eigenvalue weighted by molar-refractivity contribution is 6.33. The summed E-state index contributed by atoms with van der Waals surface area (Å²) in [5.41, 5.74) is -0.417. The highest BCUT2D eigenvalue weighted by atomic mass is 35.5. The van der Waals surface area contributed by atoms with E-state index in [1.165, 1.54) is 29.7 Å². The summed E-state index contributed by atoms with van der Waals surface area (Å²) in [6.45, 7) is 1.17. The Hall–Kier alpha value is -3.83. The Balaban J connectivity index is 1.55.